The van der Waals surface area contributed by atoms with Gasteiger partial charge in [-0.15, -0.1) is 0 Å². The number of benzene rings is 1. The van der Waals surface area contributed by atoms with E-state index in [1.54, 1.807) is 0 Å². The zero-order chi connectivity index (χ0) is 11.7. The van der Waals surface area contributed by atoms with Gasteiger partial charge in [0.05, 0.1) is 0 Å². The molecule has 1 aromatic carbocycles. The first kappa shape index (κ1) is 12.2. The molecule has 3 atom stereocenters. The maximum atomic E-state index is 6.18. The third-order valence-electron chi connectivity index (χ3n) is 3.79. The Labute approximate surface area is 107 Å². The molecule has 1 nitrogen and oxygen atoms in total. The standard InChI is InChI=1S/C13H17Cl2N/c1-8-9(3-5-13(8)16)6-10-2-4-11(14)7-12(10)15/h2,4,7-9,13H,3,5-6,16H2,1H3. The Hall–Kier alpha value is -0.240. The molecule has 1 aliphatic carbocycles. The lowest BCUT2D eigenvalue weighted by Crippen LogP contribution is -2.25. The van der Waals surface area contributed by atoms with Crippen LogP contribution in [0.4, 0.5) is 0 Å². The predicted octanol–water partition coefficient (Wildman–Crippen LogP) is 3.91. The van der Waals surface area contributed by atoms with Gasteiger partial charge in [0.25, 0.3) is 0 Å². The molecule has 0 amide bonds. The molecule has 1 fully saturated rings. The SMILES string of the molecule is CC1C(N)CCC1Cc1ccc(Cl)cc1Cl. The molecule has 1 saturated carbocycles. The Bertz CT molecular complexity index is 378. The van der Waals surface area contributed by atoms with Crippen LogP contribution in [0.2, 0.25) is 10.0 Å². The zero-order valence-electron chi connectivity index (χ0n) is 9.42. The molecule has 0 spiro atoms. The second-order valence-corrected chi connectivity index (χ2v) is 5.64. The molecule has 16 heavy (non-hydrogen) atoms. The minimum atomic E-state index is 0.357. The first-order chi connectivity index (χ1) is 7.58. The van der Waals surface area contributed by atoms with Gasteiger partial charge in [-0.1, -0.05) is 36.2 Å². The smallest absolute Gasteiger partial charge is 0.0452 e. The van der Waals surface area contributed by atoms with Crippen LogP contribution >= 0.6 is 23.2 Å². The zero-order valence-corrected chi connectivity index (χ0v) is 10.9. The minimum absolute atomic E-state index is 0.357. The van der Waals surface area contributed by atoms with Gasteiger partial charge >= 0.3 is 0 Å². The monoisotopic (exact) mass is 257 g/mol. The van der Waals surface area contributed by atoms with E-state index in [0.29, 0.717) is 22.9 Å². The fourth-order valence-electron chi connectivity index (χ4n) is 2.54. The maximum Gasteiger partial charge on any atom is 0.0452 e. The normalized spacial score (nSPS) is 29.6. The van der Waals surface area contributed by atoms with Gasteiger partial charge in [0.2, 0.25) is 0 Å². The van der Waals surface area contributed by atoms with Gasteiger partial charge in [0.15, 0.2) is 0 Å². The Morgan fingerprint density at radius 3 is 2.62 bits per heavy atom. The molecule has 0 aliphatic heterocycles. The van der Waals surface area contributed by atoms with E-state index in [9.17, 15) is 0 Å². The molecular formula is C13H17Cl2N. The van der Waals surface area contributed by atoms with Gasteiger partial charge < -0.3 is 5.73 Å². The summed E-state index contributed by atoms with van der Waals surface area (Å²) in [5.41, 5.74) is 7.22. The van der Waals surface area contributed by atoms with E-state index in [4.69, 9.17) is 28.9 Å². The summed E-state index contributed by atoms with van der Waals surface area (Å²) in [6, 6.07) is 6.11. The summed E-state index contributed by atoms with van der Waals surface area (Å²) in [5.74, 6) is 1.25. The van der Waals surface area contributed by atoms with Crippen molar-refractivity contribution < 1.29 is 0 Å². The lowest BCUT2D eigenvalue weighted by atomic mass is 9.90. The largest absolute Gasteiger partial charge is 0.327 e. The lowest BCUT2D eigenvalue weighted by molar-refractivity contribution is 0.390. The molecule has 2 N–H and O–H groups in total. The molecule has 1 aliphatic rings. The first-order valence-corrected chi connectivity index (χ1v) is 6.53. The van der Waals surface area contributed by atoms with Gasteiger partial charge in [0, 0.05) is 16.1 Å². The van der Waals surface area contributed by atoms with E-state index in [1.807, 2.05) is 18.2 Å². The first-order valence-electron chi connectivity index (χ1n) is 5.77. The summed E-state index contributed by atoms with van der Waals surface area (Å²) in [6.07, 6.45) is 3.36. The summed E-state index contributed by atoms with van der Waals surface area (Å²) in [5, 5.41) is 1.48. The Morgan fingerprint density at radius 1 is 1.31 bits per heavy atom. The second-order valence-electron chi connectivity index (χ2n) is 4.80. The van der Waals surface area contributed by atoms with Crippen LogP contribution in [-0.4, -0.2) is 6.04 Å². The Morgan fingerprint density at radius 2 is 2.06 bits per heavy atom. The van der Waals surface area contributed by atoms with Crippen molar-refractivity contribution in [1.29, 1.82) is 0 Å². The van der Waals surface area contributed by atoms with Gasteiger partial charge in [0.1, 0.15) is 0 Å². The summed E-state index contributed by atoms with van der Waals surface area (Å²) >= 11 is 12.1. The molecule has 88 valence electrons. The molecule has 2 rings (SSSR count). The number of hydrogen-bond donors (Lipinski definition) is 1. The highest BCUT2D eigenvalue weighted by molar-refractivity contribution is 6.35. The maximum absolute atomic E-state index is 6.18. The predicted molar refractivity (Wildman–Crippen MR) is 70.0 cm³/mol. The van der Waals surface area contributed by atoms with Crippen LogP contribution in [0.15, 0.2) is 18.2 Å². The topological polar surface area (TPSA) is 26.0 Å². The van der Waals surface area contributed by atoms with Gasteiger partial charge in [-0.05, 0) is 48.8 Å². The average Bonchev–Trinajstić information content (AvgIpc) is 2.54. The molecule has 0 bridgehead atoms. The highest BCUT2D eigenvalue weighted by atomic mass is 35.5. The van der Waals surface area contributed by atoms with Crippen LogP contribution in [-0.2, 0) is 6.42 Å². The van der Waals surface area contributed by atoms with E-state index in [0.717, 1.165) is 17.9 Å². The van der Waals surface area contributed by atoms with Crippen LogP contribution in [0.1, 0.15) is 25.3 Å². The Balaban J connectivity index is 2.09. The van der Waals surface area contributed by atoms with Crippen LogP contribution in [0.3, 0.4) is 0 Å². The number of hydrogen-bond acceptors (Lipinski definition) is 1. The number of rotatable bonds is 2. The van der Waals surface area contributed by atoms with E-state index in [2.05, 4.69) is 6.92 Å². The quantitative estimate of drug-likeness (QED) is 0.855. The summed E-state index contributed by atoms with van der Waals surface area (Å²) < 4.78 is 0. The van der Waals surface area contributed by atoms with Crippen molar-refractivity contribution in [1.82, 2.24) is 0 Å². The van der Waals surface area contributed by atoms with Crippen molar-refractivity contribution in [2.24, 2.45) is 17.6 Å². The summed E-state index contributed by atoms with van der Waals surface area (Å²) in [6.45, 7) is 2.24. The highest BCUT2D eigenvalue weighted by Gasteiger charge is 2.30. The molecule has 1 aromatic rings. The summed E-state index contributed by atoms with van der Waals surface area (Å²) in [7, 11) is 0. The molecule has 0 heterocycles. The van der Waals surface area contributed by atoms with Crippen LogP contribution in [0.5, 0.6) is 0 Å². The number of halogens is 2. The lowest BCUT2D eigenvalue weighted by Gasteiger charge is -2.18. The molecule has 3 unspecified atom stereocenters. The second kappa shape index (κ2) is 4.95. The summed E-state index contributed by atoms with van der Waals surface area (Å²) in [4.78, 5) is 0. The van der Waals surface area contributed by atoms with E-state index < -0.39 is 0 Å². The van der Waals surface area contributed by atoms with Crippen molar-refractivity contribution in [3.05, 3.63) is 33.8 Å². The van der Waals surface area contributed by atoms with Crippen molar-refractivity contribution in [2.75, 3.05) is 0 Å². The highest BCUT2D eigenvalue weighted by Crippen LogP contribution is 2.35. The van der Waals surface area contributed by atoms with Crippen LogP contribution in [0.25, 0.3) is 0 Å². The van der Waals surface area contributed by atoms with E-state index >= 15 is 0 Å². The van der Waals surface area contributed by atoms with Gasteiger partial charge in [-0.3, -0.25) is 0 Å². The average molecular weight is 258 g/mol. The Kier molecular flexibility index (Phi) is 3.78. The van der Waals surface area contributed by atoms with Crippen molar-refractivity contribution in [3.63, 3.8) is 0 Å². The fraction of sp³-hybridized carbons (Fsp3) is 0.538. The van der Waals surface area contributed by atoms with E-state index in [-0.39, 0.29) is 0 Å². The minimum Gasteiger partial charge on any atom is -0.327 e. The fourth-order valence-corrected chi connectivity index (χ4v) is 3.03. The van der Waals surface area contributed by atoms with Crippen LogP contribution in [0, 0.1) is 11.8 Å². The number of nitrogens with two attached hydrogens (primary N) is 1. The van der Waals surface area contributed by atoms with Crippen molar-refractivity contribution in [3.8, 4) is 0 Å². The van der Waals surface area contributed by atoms with Crippen molar-refractivity contribution >= 4 is 23.2 Å². The molecule has 0 saturated heterocycles. The van der Waals surface area contributed by atoms with Crippen LogP contribution < -0.4 is 5.73 Å². The van der Waals surface area contributed by atoms with Gasteiger partial charge in [-0.2, -0.15) is 0 Å². The molecular weight excluding hydrogens is 241 g/mol. The van der Waals surface area contributed by atoms with Crippen molar-refractivity contribution in [2.45, 2.75) is 32.2 Å². The third kappa shape index (κ3) is 2.53. The van der Waals surface area contributed by atoms with Gasteiger partial charge in [-0.25, -0.2) is 0 Å². The molecule has 0 radical (unpaired) electrons. The third-order valence-corrected chi connectivity index (χ3v) is 4.37. The molecule has 0 aromatic heterocycles. The van der Waals surface area contributed by atoms with E-state index in [1.165, 1.54) is 12.0 Å². The molecule has 3 heteroatoms.